The number of carbonyl (C=O) groups is 2. The van der Waals surface area contributed by atoms with Gasteiger partial charge in [-0.3, -0.25) is 14.4 Å². The molecular formula is C28H23F2N3O4. The molecule has 4 aromatic rings. The van der Waals surface area contributed by atoms with Crippen LogP contribution in [0.15, 0.2) is 89.9 Å². The largest absolute Gasteiger partial charge is 0.483 e. The maximum atomic E-state index is 13.2. The van der Waals surface area contributed by atoms with Gasteiger partial charge in [-0.15, -0.1) is 0 Å². The molecule has 0 radical (unpaired) electrons. The van der Waals surface area contributed by atoms with E-state index in [0.29, 0.717) is 11.1 Å². The van der Waals surface area contributed by atoms with Gasteiger partial charge in [-0.2, -0.15) is 0 Å². The zero-order chi connectivity index (χ0) is 26.2. The third-order valence-corrected chi connectivity index (χ3v) is 5.47. The number of amides is 2. The number of ether oxygens (including phenoxy) is 1. The smallest absolute Gasteiger partial charge is 0.271 e. The quantitative estimate of drug-likeness (QED) is 0.320. The molecule has 0 saturated heterocycles. The van der Waals surface area contributed by atoms with Crippen molar-refractivity contribution in [3.63, 3.8) is 0 Å². The van der Waals surface area contributed by atoms with E-state index in [1.165, 1.54) is 48.5 Å². The Kier molecular flexibility index (Phi) is 8.05. The topological polar surface area (TPSA) is 100 Å². The van der Waals surface area contributed by atoms with Crippen molar-refractivity contribution in [1.82, 2.24) is 15.6 Å². The first kappa shape index (κ1) is 25.3. The lowest BCUT2D eigenvalue weighted by molar-refractivity contribution is 0.0928. The second-order valence-corrected chi connectivity index (χ2v) is 8.13. The average molecular weight is 504 g/mol. The van der Waals surface area contributed by atoms with Crippen LogP contribution in [0.1, 0.15) is 37.5 Å². The van der Waals surface area contributed by atoms with E-state index in [1.54, 1.807) is 24.3 Å². The summed E-state index contributed by atoms with van der Waals surface area (Å²) in [4.78, 5) is 41.6. The summed E-state index contributed by atoms with van der Waals surface area (Å²) in [5, 5.41) is 5.27. The molecule has 0 saturated carbocycles. The second-order valence-electron chi connectivity index (χ2n) is 8.13. The van der Waals surface area contributed by atoms with Crippen molar-refractivity contribution in [2.75, 3.05) is 0 Å². The van der Waals surface area contributed by atoms with E-state index in [9.17, 15) is 23.2 Å². The summed E-state index contributed by atoms with van der Waals surface area (Å²) < 4.78 is 32.0. The molecule has 0 unspecified atom stereocenters. The normalized spacial score (nSPS) is 10.5. The Hall–Kier alpha value is -4.79. The van der Waals surface area contributed by atoms with E-state index in [2.05, 4.69) is 15.6 Å². The first-order chi connectivity index (χ1) is 17.9. The highest BCUT2D eigenvalue weighted by Crippen LogP contribution is 2.15. The molecule has 0 atom stereocenters. The summed E-state index contributed by atoms with van der Waals surface area (Å²) in [5.74, 6) is -2.43. The first-order valence-electron chi connectivity index (χ1n) is 11.4. The zero-order valence-electron chi connectivity index (χ0n) is 19.6. The number of H-pyrrole nitrogens is 1. The molecule has 7 nitrogen and oxygen atoms in total. The first-order valence-corrected chi connectivity index (χ1v) is 11.4. The van der Waals surface area contributed by atoms with Gasteiger partial charge in [-0.05, 0) is 41.0 Å². The lowest BCUT2D eigenvalue weighted by Crippen LogP contribution is -2.32. The third-order valence-electron chi connectivity index (χ3n) is 5.47. The predicted octanol–water partition coefficient (Wildman–Crippen LogP) is 4.09. The molecule has 1 heterocycles. The Morgan fingerprint density at radius 3 is 1.84 bits per heavy atom. The van der Waals surface area contributed by atoms with Gasteiger partial charge in [-0.1, -0.05) is 54.6 Å². The number of nitrogens with one attached hydrogen (secondary N) is 3. The summed E-state index contributed by atoms with van der Waals surface area (Å²) in [6.07, 6.45) is 1.14. The number of aromatic amines is 1. The van der Waals surface area contributed by atoms with Gasteiger partial charge in [0.25, 0.3) is 11.8 Å². The van der Waals surface area contributed by atoms with Crippen LogP contribution in [0.5, 0.6) is 5.75 Å². The van der Waals surface area contributed by atoms with Gasteiger partial charge in [0.2, 0.25) is 5.43 Å². The standard InChI is InChI=1S/C28H23F2N3O4/c29-21-10-6-18(7-11-21)14-32-27(35)23-16-31-24(28(36)33-15-19-8-12-22(30)13-9-19)26(25(23)34)37-17-20-4-2-1-3-5-20/h1-13,16H,14-15,17H2,(H,31,34)(H,32,35)(H,33,36). The van der Waals surface area contributed by atoms with Crippen molar-refractivity contribution in [1.29, 1.82) is 0 Å². The van der Waals surface area contributed by atoms with Gasteiger partial charge in [0.15, 0.2) is 11.4 Å². The monoisotopic (exact) mass is 503 g/mol. The summed E-state index contributed by atoms with van der Waals surface area (Å²) in [5.41, 5.74) is 0.881. The Balaban J connectivity index is 1.55. The molecule has 0 spiro atoms. The summed E-state index contributed by atoms with van der Waals surface area (Å²) in [6, 6.07) is 20.2. The molecule has 3 N–H and O–H groups in total. The second kappa shape index (κ2) is 11.8. The predicted molar refractivity (Wildman–Crippen MR) is 133 cm³/mol. The van der Waals surface area contributed by atoms with Crippen molar-refractivity contribution in [2.45, 2.75) is 19.7 Å². The van der Waals surface area contributed by atoms with Crippen molar-refractivity contribution in [2.24, 2.45) is 0 Å². The lowest BCUT2D eigenvalue weighted by atomic mass is 10.1. The Labute approximate surface area is 211 Å². The molecule has 9 heteroatoms. The molecule has 2 amide bonds. The van der Waals surface area contributed by atoms with E-state index in [-0.39, 0.29) is 36.7 Å². The third kappa shape index (κ3) is 6.66. The molecule has 37 heavy (non-hydrogen) atoms. The van der Waals surface area contributed by atoms with Crippen LogP contribution >= 0.6 is 0 Å². The molecule has 0 aliphatic rings. The molecule has 0 bridgehead atoms. The number of benzene rings is 3. The van der Waals surface area contributed by atoms with E-state index in [4.69, 9.17) is 4.74 Å². The summed E-state index contributed by atoms with van der Waals surface area (Å²) in [7, 11) is 0. The highest BCUT2D eigenvalue weighted by atomic mass is 19.1. The van der Waals surface area contributed by atoms with Gasteiger partial charge in [-0.25, -0.2) is 8.78 Å². The molecule has 0 aliphatic heterocycles. The van der Waals surface area contributed by atoms with E-state index >= 15 is 0 Å². The number of hydrogen-bond donors (Lipinski definition) is 3. The summed E-state index contributed by atoms with van der Waals surface area (Å²) in [6.45, 7) is 0.140. The fourth-order valence-electron chi connectivity index (χ4n) is 3.47. The van der Waals surface area contributed by atoms with Crippen molar-refractivity contribution < 1.29 is 23.1 Å². The van der Waals surface area contributed by atoms with E-state index in [0.717, 1.165) is 11.8 Å². The minimum Gasteiger partial charge on any atom is -0.483 e. The average Bonchev–Trinajstić information content (AvgIpc) is 2.92. The highest BCUT2D eigenvalue weighted by Gasteiger charge is 2.22. The van der Waals surface area contributed by atoms with Crippen molar-refractivity contribution in [3.8, 4) is 5.75 Å². The van der Waals surface area contributed by atoms with Crippen LogP contribution in [0.3, 0.4) is 0 Å². The van der Waals surface area contributed by atoms with Gasteiger partial charge in [0.05, 0.1) is 0 Å². The van der Waals surface area contributed by atoms with Gasteiger partial charge in [0.1, 0.15) is 23.8 Å². The van der Waals surface area contributed by atoms with E-state index < -0.39 is 28.9 Å². The fraction of sp³-hybridized carbons (Fsp3) is 0.107. The maximum absolute atomic E-state index is 13.2. The fourth-order valence-corrected chi connectivity index (χ4v) is 3.47. The number of halogens is 2. The Morgan fingerprint density at radius 2 is 1.27 bits per heavy atom. The van der Waals surface area contributed by atoms with E-state index in [1.807, 2.05) is 6.07 Å². The molecule has 4 rings (SSSR count). The number of pyridine rings is 1. The van der Waals surface area contributed by atoms with Crippen LogP contribution in [0, 0.1) is 11.6 Å². The maximum Gasteiger partial charge on any atom is 0.271 e. The van der Waals surface area contributed by atoms with Gasteiger partial charge in [0, 0.05) is 19.3 Å². The van der Waals surface area contributed by atoms with Crippen LogP contribution in [0.25, 0.3) is 0 Å². The van der Waals surface area contributed by atoms with Gasteiger partial charge < -0.3 is 20.4 Å². The number of rotatable bonds is 9. The Bertz CT molecular complexity index is 1440. The highest BCUT2D eigenvalue weighted by molar-refractivity contribution is 5.98. The van der Waals surface area contributed by atoms with Crippen molar-refractivity contribution in [3.05, 3.63) is 135 Å². The van der Waals surface area contributed by atoms with Gasteiger partial charge >= 0.3 is 0 Å². The van der Waals surface area contributed by atoms with Crippen molar-refractivity contribution >= 4 is 11.8 Å². The van der Waals surface area contributed by atoms with Crippen LogP contribution in [-0.2, 0) is 19.7 Å². The number of aromatic nitrogens is 1. The molecule has 3 aromatic carbocycles. The molecule has 0 fully saturated rings. The molecule has 188 valence electrons. The molecule has 0 aliphatic carbocycles. The minimum atomic E-state index is -0.766. The minimum absolute atomic E-state index is 0.0111. The molecular weight excluding hydrogens is 480 g/mol. The van der Waals surface area contributed by atoms with Crippen LogP contribution in [0.4, 0.5) is 8.78 Å². The lowest BCUT2D eigenvalue weighted by Gasteiger charge is -2.13. The number of hydrogen-bond acceptors (Lipinski definition) is 4. The SMILES string of the molecule is O=C(NCc1ccc(F)cc1)c1[nH]cc(C(=O)NCc2ccc(F)cc2)c(=O)c1OCc1ccccc1. The van der Waals surface area contributed by atoms with Crippen LogP contribution < -0.4 is 20.8 Å². The molecule has 1 aromatic heterocycles. The summed E-state index contributed by atoms with van der Waals surface area (Å²) >= 11 is 0. The van der Waals surface area contributed by atoms with Crippen LogP contribution in [0.2, 0.25) is 0 Å². The Morgan fingerprint density at radius 1 is 0.730 bits per heavy atom. The zero-order valence-corrected chi connectivity index (χ0v) is 19.6. The van der Waals surface area contributed by atoms with Crippen LogP contribution in [-0.4, -0.2) is 16.8 Å². The number of carbonyl (C=O) groups excluding carboxylic acids is 2.